The number of carbonyl (C=O) groups is 2. The second kappa shape index (κ2) is 9.91. The van der Waals surface area contributed by atoms with Crippen molar-refractivity contribution in [3.63, 3.8) is 0 Å². The molecule has 3 aromatic carbocycles. The zero-order valence-electron chi connectivity index (χ0n) is 18.3. The maximum atomic E-state index is 12.8. The Morgan fingerprint density at radius 3 is 2.27 bits per heavy atom. The van der Waals surface area contributed by atoms with E-state index in [1.54, 1.807) is 25.3 Å². The number of amides is 2. The lowest BCUT2D eigenvalue weighted by Crippen LogP contribution is -2.45. The third kappa shape index (κ3) is 4.82. The summed E-state index contributed by atoms with van der Waals surface area (Å²) in [5.41, 5.74) is 3.08. The molecule has 0 saturated heterocycles. The number of hydrogen-bond donors (Lipinski definition) is 2. The van der Waals surface area contributed by atoms with Crippen molar-refractivity contribution in [2.24, 2.45) is 0 Å². The standard InChI is InChI=1S/C26H24N2O5/c1-31-21-15-19(13-14-20(21)33-16-17-9-5-3-6-10-17)24-22(25(29)32-2)23(27-26(30)28-24)18-11-7-4-8-12-18/h3-15,24H,16H2,1-2H3,(H2,27,28,30). The van der Waals surface area contributed by atoms with Crippen LogP contribution in [-0.2, 0) is 16.1 Å². The molecule has 0 aromatic heterocycles. The molecule has 2 amide bonds. The summed E-state index contributed by atoms with van der Waals surface area (Å²) in [5, 5.41) is 5.57. The van der Waals surface area contributed by atoms with E-state index in [9.17, 15) is 9.59 Å². The number of hydrogen-bond acceptors (Lipinski definition) is 5. The number of rotatable bonds is 7. The molecule has 33 heavy (non-hydrogen) atoms. The van der Waals surface area contributed by atoms with E-state index in [4.69, 9.17) is 14.2 Å². The Labute approximate surface area is 192 Å². The molecule has 1 aliphatic rings. The van der Waals surface area contributed by atoms with Gasteiger partial charge in [0.2, 0.25) is 0 Å². The summed E-state index contributed by atoms with van der Waals surface area (Å²) in [4.78, 5) is 25.3. The number of methoxy groups -OCH3 is 2. The Morgan fingerprint density at radius 1 is 0.909 bits per heavy atom. The van der Waals surface area contributed by atoms with Gasteiger partial charge in [-0.2, -0.15) is 0 Å². The zero-order valence-corrected chi connectivity index (χ0v) is 18.3. The second-order valence-corrected chi connectivity index (χ2v) is 7.36. The first kappa shape index (κ1) is 22.0. The minimum absolute atomic E-state index is 0.295. The fourth-order valence-electron chi connectivity index (χ4n) is 3.70. The Morgan fingerprint density at radius 2 is 1.61 bits per heavy atom. The van der Waals surface area contributed by atoms with Gasteiger partial charge in [-0.1, -0.05) is 66.7 Å². The lowest BCUT2D eigenvalue weighted by atomic mass is 9.92. The van der Waals surface area contributed by atoms with Crippen molar-refractivity contribution in [3.8, 4) is 11.5 Å². The lowest BCUT2D eigenvalue weighted by molar-refractivity contribution is -0.136. The average molecular weight is 444 g/mol. The molecule has 1 atom stereocenters. The third-order valence-corrected chi connectivity index (χ3v) is 5.30. The molecule has 1 heterocycles. The molecule has 0 fully saturated rings. The molecule has 2 N–H and O–H groups in total. The van der Waals surface area contributed by atoms with Gasteiger partial charge in [-0.15, -0.1) is 0 Å². The predicted octanol–water partition coefficient (Wildman–Crippen LogP) is 4.21. The maximum absolute atomic E-state index is 12.8. The summed E-state index contributed by atoms with van der Waals surface area (Å²) < 4.78 is 16.5. The largest absolute Gasteiger partial charge is 0.493 e. The summed E-state index contributed by atoms with van der Waals surface area (Å²) in [6.45, 7) is 0.381. The van der Waals surface area contributed by atoms with Gasteiger partial charge >= 0.3 is 12.0 Å². The number of esters is 1. The quantitative estimate of drug-likeness (QED) is 0.533. The molecular formula is C26H24N2O5. The summed E-state index contributed by atoms with van der Waals surface area (Å²) in [7, 11) is 2.86. The average Bonchev–Trinajstić information content (AvgIpc) is 2.87. The molecule has 0 saturated carbocycles. The van der Waals surface area contributed by atoms with Crippen LogP contribution in [0.1, 0.15) is 22.7 Å². The molecule has 3 aromatic rings. The highest BCUT2D eigenvalue weighted by molar-refractivity contribution is 6.04. The molecule has 7 nitrogen and oxygen atoms in total. The zero-order chi connectivity index (χ0) is 23.2. The summed E-state index contributed by atoms with van der Waals surface area (Å²) in [5.74, 6) is 0.494. The highest BCUT2D eigenvalue weighted by Gasteiger charge is 2.34. The van der Waals surface area contributed by atoms with E-state index in [1.807, 2.05) is 60.7 Å². The molecule has 4 rings (SSSR count). The van der Waals surface area contributed by atoms with Crippen molar-refractivity contribution in [1.82, 2.24) is 10.6 Å². The van der Waals surface area contributed by atoms with Crippen molar-refractivity contribution in [1.29, 1.82) is 0 Å². The number of nitrogens with one attached hydrogen (secondary N) is 2. The minimum atomic E-state index is -0.738. The van der Waals surface area contributed by atoms with Crippen LogP contribution in [0.3, 0.4) is 0 Å². The van der Waals surface area contributed by atoms with Crippen LogP contribution >= 0.6 is 0 Å². The van der Waals surface area contributed by atoms with Crippen molar-refractivity contribution in [2.75, 3.05) is 14.2 Å². The predicted molar refractivity (Wildman–Crippen MR) is 124 cm³/mol. The Hall–Kier alpha value is -4.26. The molecule has 0 radical (unpaired) electrons. The van der Waals surface area contributed by atoms with Crippen LogP contribution in [0.2, 0.25) is 0 Å². The molecular weight excluding hydrogens is 420 g/mol. The van der Waals surface area contributed by atoms with E-state index >= 15 is 0 Å². The molecule has 1 unspecified atom stereocenters. The summed E-state index contributed by atoms with van der Waals surface area (Å²) in [6.07, 6.45) is 0. The number of ether oxygens (including phenoxy) is 3. The van der Waals surface area contributed by atoms with Gasteiger partial charge < -0.3 is 24.8 Å². The first-order valence-electron chi connectivity index (χ1n) is 10.4. The van der Waals surface area contributed by atoms with Gasteiger partial charge in [0.05, 0.1) is 31.5 Å². The van der Waals surface area contributed by atoms with Gasteiger partial charge in [-0.3, -0.25) is 0 Å². The van der Waals surface area contributed by atoms with Gasteiger partial charge in [0.15, 0.2) is 11.5 Å². The Kier molecular flexibility index (Phi) is 6.59. The normalized spacial score (nSPS) is 15.3. The van der Waals surface area contributed by atoms with E-state index in [0.29, 0.717) is 40.5 Å². The van der Waals surface area contributed by atoms with Crippen molar-refractivity contribution in [2.45, 2.75) is 12.6 Å². The monoisotopic (exact) mass is 444 g/mol. The smallest absolute Gasteiger partial charge is 0.338 e. The minimum Gasteiger partial charge on any atom is -0.493 e. The summed E-state index contributed by atoms with van der Waals surface area (Å²) >= 11 is 0. The van der Waals surface area contributed by atoms with Gasteiger partial charge in [0, 0.05) is 0 Å². The molecule has 168 valence electrons. The number of carbonyl (C=O) groups excluding carboxylic acids is 2. The van der Waals surface area contributed by atoms with Gasteiger partial charge in [0.25, 0.3) is 0 Å². The van der Waals surface area contributed by atoms with Crippen molar-refractivity contribution < 1.29 is 23.8 Å². The lowest BCUT2D eigenvalue weighted by Gasteiger charge is -2.29. The van der Waals surface area contributed by atoms with E-state index in [0.717, 1.165) is 5.56 Å². The fraction of sp³-hybridized carbons (Fsp3) is 0.154. The number of urea groups is 1. The van der Waals surface area contributed by atoms with Crippen LogP contribution in [0.5, 0.6) is 11.5 Å². The molecule has 1 aliphatic heterocycles. The van der Waals surface area contributed by atoms with Gasteiger partial charge in [-0.25, -0.2) is 9.59 Å². The van der Waals surface area contributed by atoms with E-state index < -0.39 is 18.0 Å². The molecule has 0 aliphatic carbocycles. The van der Waals surface area contributed by atoms with Crippen LogP contribution in [0, 0.1) is 0 Å². The van der Waals surface area contributed by atoms with E-state index in [1.165, 1.54) is 7.11 Å². The Balaban J connectivity index is 1.71. The highest BCUT2D eigenvalue weighted by Crippen LogP contribution is 2.36. The van der Waals surface area contributed by atoms with Crippen LogP contribution in [0.4, 0.5) is 4.79 Å². The SMILES string of the molecule is COC(=O)C1=C(c2ccccc2)NC(=O)NC1c1ccc(OCc2ccccc2)c(OC)c1. The van der Waals surface area contributed by atoms with Crippen molar-refractivity contribution >= 4 is 17.7 Å². The number of benzene rings is 3. The van der Waals surface area contributed by atoms with E-state index in [2.05, 4.69) is 10.6 Å². The van der Waals surface area contributed by atoms with Crippen LogP contribution in [0.25, 0.3) is 5.70 Å². The first-order valence-corrected chi connectivity index (χ1v) is 10.4. The van der Waals surface area contributed by atoms with Crippen LogP contribution < -0.4 is 20.1 Å². The van der Waals surface area contributed by atoms with E-state index in [-0.39, 0.29) is 0 Å². The van der Waals surface area contributed by atoms with Crippen LogP contribution in [0.15, 0.2) is 84.4 Å². The molecule has 7 heteroatoms. The summed E-state index contributed by atoms with van der Waals surface area (Å²) in [6, 6.07) is 23.1. The van der Waals surface area contributed by atoms with Gasteiger partial charge in [0.1, 0.15) is 6.61 Å². The van der Waals surface area contributed by atoms with Crippen LogP contribution in [-0.4, -0.2) is 26.2 Å². The molecule has 0 bridgehead atoms. The maximum Gasteiger partial charge on any atom is 0.338 e. The third-order valence-electron chi connectivity index (χ3n) is 5.30. The second-order valence-electron chi connectivity index (χ2n) is 7.36. The van der Waals surface area contributed by atoms with Crippen molar-refractivity contribution in [3.05, 3.63) is 101 Å². The Bertz CT molecular complexity index is 1180. The fourth-order valence-corrected chi connectivity index (χ4v) is 3.70. The molecule has 0 spiro atoms. The first-order chi connectivity index (χ1) is 16.1. The van der Waals surface area contributed by atoms with Gasteiger partial charge in [-0.05, 0) is 28.8 Å². The highest BCUT2D eigenvalue weighted by atomic mass is 16.5. The topological polar surface area (TPSA) is 85.9 Å².